The summed E-state index contributed by atoms with van der Waals surface area (Å²) in [6, 6.07) is 10.9. The van der Waals surface area contributed by atoms with Gasteiger partial charge in [0.05, 0.1) is 18.8 Å². The molecule has 0 saturated carbocycles. The van der Waals surface area contributed by atoms with Crippen molar-refractivity contribution in [3.05, 3.63) is 58.8 Å². The predicted octanol–water partition coefficient (Wildman–Crippen LogP) is 3.83. The molecule has 0 fully saturated rings. The quantitative estimate of drug-likeness (QED) is 0.549. The van der Waals surface area contributed by atoms with Gasteiger partial charge in [-0.3, -0.25) is 4.79 Å². The van der Waals surface area contributed by atoms with Crippen LogP contribution < -0.4 is 9.47 Å². The normalized spacial score (nSPS) is 14.5. The third kappa shape index (κ3) is 3.46. The van der Waals surface area contributed by atoms with Crippen LogP contribution in [0.15, 0.2) is 40.8 Å². The van der Waals surface area contributed by atoms with Crippen LogP contribution >= 0.6 is 0 Å². The summed E-state index contributed by atoms with van der Waals surface area (Å²) in [7, 11) is 0. The molecule has 0 atom stereocenters. The van der Waals surface area contributed by atoms with E-state index in [1.54, 1.807) is 12.1 Å². The number of benzene rings is 2. The molecule has 0 bridgehead atoms. The molecule has 2 N–H and O–H groups in total. The first-order valence-corrected chi connectivity index (χ1v) is 10.2. The molecule has 3 aromatic rings. The number of aliphatic hydroxyl groups excluding tert-OH is 2. The molecule has 0 spiro atoms. The lowest BCUT2D eigenvalue weighted by Gasteiger charge is -2.30. The molecular weight excluding hydrogens is 384 g/mol. The highest BCUT2D eigenvalue weighted by atomic mass is 16.5. The molecule has 0 unspecified atom stereocenters. The van der Waals surface area contributed by atoms with Crippen molar-refractivity contribution in [3.63, 3.8) is 0 Å². The van der Waals surface area contributed by atoms with E-state index in [0.29, 0.717) is 47.0 Å². The lowest BCUT2D eigenvalue weighted by Crippen LogP contribution is -2.29. The molecule has 158 valence electrons. The van der Waals surface area contributed by atoms with E-state index < -0.39 is 5.41 Å². The highest BCUT2D eigenvalue weighted by molar-refractivity contribution is 6.19. The summed E-state index contributed by atoms with van der Waals surface area (Å²) in [4.78, 5) is 13.3. The number of aliphatic hydroxyl groups is 2. The Hall–Kier alpha value is -2.83. The molecule has 0 saturated heterocycles. The van der Waals surface area contributed by atoms with Gasteiger partial charge in [-0.25, -0.2) is 0 Å². The lowest BCUT2D eigenvalue weighted by molar-refractivity contribution is 0.102. The van der Waals surface area contributed by atoms with E-state index in [4.69, 9.17) is 24.1 Å². The maximum atomic E-state index is 13.3. The molecule has 2 aromatic carbocycles. The van der Waals surface area contributed by atoms with Gasteiger partial charge in [-0.15, -0.1) is 0 Å². The molecule has 1 aliphatic carbocycles. The monoisotopic (exact) mass is 410 g/mol. The van der Waals surface area contributed by atoms with Crippen molar-refractivity contribution in [2.24, 2.45) is 0 Å². The summed E-state index contributed by atoms with van der Waals surface area (Å²) in [6.45, 7) is 4.87. The van der Waals surface area contributed by atoms with Gasteiger partial charge < -0.3 is 24.1 Å². The number of furan rings is 1. The molecule has 1 heterocycles. The first kappa shape index (κ1) is 20.4. The van der Waals surface area contributed by atoms with E-state index >= 15 is 0 Å². The van der Waals surface area contributed by atoms with Crippen molar-refractivity contribution in [2.45, 2.75) is 32.1 Å². The topological polar surface area (TPSA) is 89.1 Å². The van der Waals surface area contributed by atoms with Crippen LogP contribution in [0.2, 0.25) is 0 Å². The number of carbonyl (C=O) groups excluding carboxylic acids is 1. The fourth-order valence-electron chi connectivity index (χ4n) is 3.98. The largest absolute Gasteiger partial charge is 0.494 e. The predicted molar refractivity (Wildman–Crippen MR) is 113 cm³/mol. The van der Waals surface area contributed by atoms with Gasteiger partial charge in [0.25, 0.3) is 0 Å². The van der Waals surface area contributed by atoms with Crippen LogP contribution in [0.1, 0.15) is 53.9 Å². The highest BCUT2D eigenvalue weighted by Crippen LogP contribution is 2.46. The number of hydrogen-bond donors (Lipinski definition) is 2. The third-order valence-electron chi connectivity index (χ3n) is 5.55. The number of carbonyl (C=O) groups is 1. The molecule has 0 aliphatic heterocycles. The second kappa shape index (κ2) is 8.13. The average Bonchev–Trinajstić information content (AvgIpc) is 3.14. The van der Waals surface area contributed by atoms with Crippen LogP contribution in [0.5, 0.6) is 11.5 Å². The zero-order valence-electron chi connectivity index (χ0n) is 17.2. The number of fused-ring (bicyclic) bond motifs is 4. The molecule has 6 nitrogen and oxygen atoms in total. The third-order valence-corrected chi connectivity index (χ3v) is 5.55. The van der Waals surface area contributed by atoms with Crippen molar-refractivity contribution in [2.75, 3.05) is 26.4 Å². The average molecular weight is 410 g/mol. The van der Waals surface area contributed by atoms with Crippen LogP contribution in [0.3, 0.4) is 0 Å². The molecule has 0 amide bonds. The Morgan fingerprint density at radius 2 is 1.67 bits per heavy atom. The summed E-state index contributed by atoms with van der Waals surface area (Å²) in [5.41, 5.74) is 2.18. The Labute approximate surface area is 175 Å². The Kier molecular flexibility index (Phi) is 5.54. The Bertz CT molecular complexity index is 1080. The Morgan fingerprint density at radius 1 is 0.933 bits per heavy atom. The van der Waals surface area contributed by atoms with Crippen molar-refractivity contribution in [1.29, 1.82) is 0 Å². The van der Waals surface area contributed by atoms with E-state index in [0.717, 1.165) is 17.4 Å². The molecular formula is C24H26O6. The molecule has 1 aromatic heterocycles. The van der Waals surface area contributed by atoms with E-state index in [9.17, 15) is 4.79 Å². The zero-order valence-corrected chi connectivity index (χ0v) is 17.2. The highest BCUT2D eigenvalue weighted by Gasteiger charge is 2.41. The molecule has 4 rings (SSSR count). The summed E-state index contributed by atoms with van der Waals surface area (Å²) < 4.78 is 17.5. The summed E-state index contributed by atoms with van der Waals surface area (Å²) in [5, 5.41) is 18.6. The van der Waals surface area contributed by atoms with Crippen LogP contribution in [0, 0.1) is 0 Å². The fraction of sp³-hybridized carbons (Fsp3) is 0.375. The number of hydrogen-bond acceptors (Lipinski definition) is 6. The second-order valence-electron chi connectivity index (χ2n) is 7.98. The molecule has 30 heavy (non-hydrogen) atoms. The van der Waals surface area contributed by atoms with Gasteiger partial charge in [0.2, 0.25) is 0 Å². The van der Waals surface area contributed by atoms with Gasteiger partial charge in [0.15, 0.2) is 5.78 Å². The first-order valence-electron chi connectivity index (χ1n) is 10.2. The van der Waals surface area contributed by atoms with Crippen molar-refractivity contribution >= 4 is 16.8 Å². The Balaban J connectivity index is 1.73. The number of ketones is 1. The minimum atomic E-state index is -0.520. The van der Waals surface area contributed by atoms with Gasteiger partial charge in [0.1, 0.15) is 29.4 Å². The minimum Gasteiger partial charge on any atom is -0.494 e. The van der Waals surface area contributed by atoms with E-state index in [1.165, 1.54) is 0 Å². The first-order chi connectivity index (χ1) is 14.5. The van der Waals surface area contributed by atoms with Crippen LogP contribution in [0.4, 0.5) is 0 Å². The van der Waals surface area contributed by atoms with Crippen molar-refractivity contribution in [1.82, 2.24) is 0 Å². The van der Waals surface area contributed by atoms with Gasteiger partial charge in [-0.1, -0.05) is 0 Å². The SMILES string of the molecule is CC1(C)c2cc(OCCCCO)ccc2C(=O)c2c1oc1cc(OCCO)ccc21. The van der Waals surface area contributed by atoms with Crippen LogP contribution in [0.25, 0.3) is 11.0 Å². The minimum absolute atomic E-state index is 0.0612. The maximum absolute atomic E-state index is 13.3. The van der Waals surface area contributed by atoms with E-state index in [2.05, 4.69) is 0 Å². The van der Waals surface area contributed by atoms with Gasteiger partial charge in [0, 0.05) is 29.0 Å². The number of unbranched alkanes of at least 4 members (excludes halogenated alkanes) is 1. The number of rotatable bonds is 8. The van der Waals surface area contributed by atoms with E-state index in [1.807, 2.05) is 38.1 Å². The molecule has 0 radical (unpaired) electrons. The van der Waals surface area contributed by atoms with Gasteiger partial charge >= 0.3 is 0 Å². The van der Waals surface area contributed by atoms with Crippen LogP contribution in [-0.4, -0.2) is 42.4 Å². The van der Waals surface area contributed by atoms with E-state index in [-0.39, 0.29) is 25.6 Å². The van der Waals surface area contributed by atoms with Gasteiger partial charge in [-0.05, 0) is 62.6 Å². The smallest absolute Gasteiger partial charge is 0.197 e. The summed E-state index contributed by atoms with van der Waals surface area (Å²) in [6.07, 6.45) is 1.46. The summed E-state index contributed by atoms with van der Waals surface area (Å²) >= 11 is 0. The fourth-order valence-corrected chi connectivity index (χ4v) is 3.98. The summed E-state index contributed by atoms with van der Waals surface area (Å²) in [5.74, 6) is 1.86. The second-order valence-corrected chi connectivity index (χ2v) is 7.98. The lowest BCUT2D eigenvalue weighted by atomic mass is 9.71. The molecule has 1 aliphatic rings. The number of ether oxygens (including phenoxy) is 2. The van der Waals surface area contributed by atoms with Gasteiger partial charge in [-0.2, -0.15) is 0 Å². The van der Waals surface area contributed by atoms with Crippen molar-refractivity contribution < 1.29 is 28.9 Å². The van der Waals surface area contributed by atoms with Crippen LogP contribution in [-0.2, 0) is 5.41 Å². The Morgan fingerprint density at radius 3 is 2.43 bits per heavy atom. The zero-order chi connectivity index (χ0) is 21.3. The van der Waals surface area contributed by atoms with Crippen molar-refractivity contribution in [3.8, 4) is 11.5 Å². The maximum Gasteiger partial charge on any atom is 0.197 e. The molecule has 6 heteroatoms. The standard InChI is InChI=1S/C24H26O6/c1-24(2)19-13-15(28-11-4-3-9-25)5-7-17(19)22(27)21-18-8-6-16(29-12-10-26)14-20(18)30-23(21)24/h5-8,13-14,25-26H,3-4,9-12H2,1-2H3.